The summed E-state index contributed by atoms with van der Waals surface area (Å²) in [5.74, 6) is -2.74. The van der Waals surface area contributed by atoms with Crippen LogP contribution in [0.5, 0.6) is 11.5 Å². The number of phenolic OH excluding ortho intramolecular Hbond substituents is 2. The molecule has 5 rings (SSSR count). The molecule has 41 heavy (non-hydrogen) atoms. The maximum atomic E-state index is 13.0. The number of oxime groups is 1. The van der Waals surface area contributed by atoms with Crippen LogP contribution >= 0.6 is 34.9 Å². The number of amides is 2. The second-order valence-electron chi connectivity index (χ2n) is 8.28. The van der Waals surface area contributed by atoms with Crippen LogP contribution < -0.4 is 45.7 Å². The van der Waals surface area contributed by atoms with E-state index in [1.54, 1.807) is 6.07 Å². The van der Waals surface area contributed by atoms with E-state index < -0.39 is 29.2 Å². The van der Waals surface area contributed by atoms with Crippen molar-refractivity contribution < 1.29 is 68.5 Å². The van der Waals surface area contributed by atoms with Crippen molar-refractivity contribution in [1.29, 1.82) is 0 Å². The summed E-state index contributed by atoms with van der Waals surface area (Å²) in [6, 6.07) is 3.17. The Balaban J connectivity index is 0.00000387. The number of aromatic nitrogens is 2. The third kappa shape index (κ3) is 6.19. The Morgan fingerprint density at radius 2 is 2.15 bits per heavy atom. The first-order valence-corrected chi connectivity index (χ1v) is 14.2. The number of hydrogen-bond acceptors (Lipinski definition) is 15. The number of aromatic hydroxyl groups is 2. The fourth-order valence-electron chi connectivity index (χ4n) is 3.97. The van der Waals surface area contributed by atoms with Crippen molar-refractivity contribution in [3.05, 3.63) is 46.7 Å². The van der Waals surface area contributed by atoms with Gasteiger partial charge in [0.2, 0.25) is 0 Å². The standard InChI is InChI=1S/C23H20N6O8S3.Na/c1-36-28-15(11-8-39-22(24)26-11)18(32)27-16-19(33)29-17(21(34)35)10(6-38-20(16)29)7-40-23-25-5-14(37-23)9-2-3-12(30)13(31)4-9;/h2-5,8,16,20,30-31H,6-7H2,1H3,(H2,24,26)(H,27,32)(H,34,35);/q;+1/p-1/b28-15-;/t16-,20-;/m1./s1. The predicted octanol–water partition coefficient (Wildman–Crippen LogP) is -2.66. The number of carboxylic acid groups (broad SMARTS) is 1. The molecule has 3 aromatic rings. The second-order valence-corrected chi connectivity index (χ2v) is 11.2. The van der Waals surface area contributed by atoms with E-state index in [4.69, 9.17) is 15.0 Å². The van der Waals surface area contributed by atoms with Crippen LogP contribution in [0.4, 0.5) is 5.13 Å². The van der Waals surface area contributed by atoms with Crippen LogP contribution in [-0.4, -0.2) is 78.6 Å². The van der Waals surface area contributed by atoms with Gasteiger partial charge in [-0.05, 0) is 23.8 Å². The topological polar surface area (TPSA) is 217 Å². The summed E-state index contributed by atoms with van der Waals surface area (Å²) in [7, 11) is 1.25. The van der Waals surface area contributed by atoms with E-state index in [0.717, 1.165) is 28.0 Å². The van der Waals surface area contributed by atoms with Crippen LogP contribution in [0.25, 0.3) is 11.3 Å². The number of nitrogens with one attached hydrogen (secondary N) is 1. The molecule has 2 amide bonds. The SMILES string of the molecule is CO/N=C(\C(=O)N[C@@H]1C(=O)N2C(C(=O)[O-])=C(CSc3ncc(-c4ccc(O)c(O)c4)o3)CS[C@H]12)c1csc(N)n1.[Na+]. The van der Waals surface area contributed by atoms with Crippen molar-refractivity contribution >= 4 is 63.5 Å². The number of nitrogens with two attached hydrogens (primary N) is 1. The van der Waals surface area contributed by atoms with E-state index in [1.807, 2.05) is 0 Å². The van der Waals surface area contributed by atoms with Gasteiger partial charge in [-0.2, -0.15) is 0 Å². The zero-order chi connectivity index (χ0) is 28.6. The number of phenols is 2. The molecule has 2 aliphatic heterocycles. The summed E-state index contributed by atoms with van der Waals surface area (Å²) < 4.78 is 5.68. The normalized spacial score (nSPS) is 18.3. The molecule has 0 radical (unpaired) electrons. The molecule has 1 saturated heterocycles. The molecule has 2 atom stereocenters. The quantitative estimate of drug-likeness (QED) is 0.0477. The Kier molecular flexibility index (Phi) is 9.55. The minimum Gasteiger partial charge on any atom is -0.543 e. The summed E-state index contributed by atoms with van der Waals surface area (Å²) >= 11 is 3.50. The van der Waals surface area contributed by atoms with Gasteiger partial charge in [-0.3, -0.25) is 14.5 Å². The van der Waals surface area contributed by atoms with Crippen molar-refractivity contribution in [1.82, 2.24) is 20.2 Å². The van der Waals surface area contributed by atoms with E-state index in [0.29, 0.717) is 16.9 Å². The number of β-lactam (4-membered cyclic amide) rings is 1. The van der Waals surface area contributed by atoms with Crippen LogP contribution in [0.1, 0.15) is 5.69 Å². The van der Waals surface area contributed by atoms with Gasteiger partial charge in [0, 0.05) is 22.4 Å². The van der Waals surface area contributed by atoms with Crippen molar-refractivity contribution in [2.24, 2.45) is 5.16 Å². The molecule has 208 valence electrons. The maximum absolute atomic E-state index is 13.0. The van der Waals surface area contributed by atoms with E-state index in [1.165, 1.54) is 42.6 Å². The molecule has 0 unspecified atom stereocenters. The molecular weight excluding hydrogens is 607 g/mol. The Morgan fingerprint density at radius 3 is 2.80 bits per heavy atom. The van der Waals surface area contributed by atoms with Crippen LogP contribution in [0.15, 0.2) is 55.8 Å². The molecule has 0 spiro atoms. The van der Waals surface area contributed by atoms with Gasteiger partial charge < -0.3 is 40.4 Å². The summed E-state index contributed by atoms with van der Waals surface area (Å²) in [5.41, 5.74) is 6.28. The molecule has 14 nitrogen and oxygen atoms in total. The van der Waals surface area contributed by atoms with Gasteiger partial charge in [0.1, 0.15) is 24.2 Å². The fourth-order valence-corrected chi connectivity index (χ4v) is 6.80. The number of hydrogen-bond donors (Lipinski definition) is 4. The monoisotopic (exact) mass is 626 g/mol. The molecule has 0 saturated carbocycles. The summed E-state index contributed by atoms with van der Waals surface area (Å²) in [6.07, 6.45) is 1.43. The number of fused-ring (bicyclic) bond motifs is 1. The Morgan fingerprint density at radius 1 is 1.37 bits per heavy atom. The molecule has 4 heterocycles. The molecule has 0 aliphatic carbocycles. The number of carboxylic acids is 1. The zero-order valence-corrected chi connectivity index (χ0v) is 25.8. The number of thioether (sulfide) groups is 2. The van der Waals surface area contributed by atoms with Crippen molar-refractivity contribution in [3.8, 4) is 22.8 Å². The summed E-state index contributed by atoms with van der Waals surface area (Å²) in [4.78, 5) is 51.9. The van der Waals surface area contributed by atoms with Crippen LogP contribution in [0.3, 0.4) is 0 Å². The van der Waals surface area contributed by atoms with E-state index in [-0.39, 0.29) is 80.0 Å². The molecule has 1 aromatic carbocycles. The number of carbonyl (C=O) groups excluding carboxylic acids is 3. The Bertz CT molecular complexity index is 1570. The van der Waals surface area contributed by atoms with Crippen LogP contribution in [-0.2, 0) is 19.2 Å². The number of carbonyl (C=O) groups is 3. The zero-order valence-electron chi connectivity index (χ0n) is 21.4. The largest absolute Gasteiger partial charge is 1.00 e. The van der Waals surface area contributed by atoms with Gasteiger partial charge >= 0.3 is 29.6 Å². The third-order valence-electron chi connectivity index (χ3n) is 5.80. The van der Waals surface area contributed by atoms with Gasteiger partial charge in [-0.1, -0.05) is 16.9 Å². The number of thiazole rings is 1. The van der Waals surface area contributed by atoms with Crippen molar-refractivity contribution in [2.45, 2.75) is 16.6 Å². The average molecular weight is 627 g/mol. The van der Waals surface area contributed by atoms with Crippen molar-refractivity contribution in [3.63, 3.8) is 0 Å². The van der Waals surface area contributed by atoms with Gasteiger partial charge in [-0.25, -0.2) is 9.97 Å². The molecule has 2 aliphatic rings. The van der Waals surface area contributed by atoms with E-state index in [2.05, 4.69) is 20.4 Å². The van der Waals surface area contributed by atoms with E-state index >= 15 is 0 Å². The van der Waals surface area contributed by atoms with Gasteiger partial charge in [0.25, 0.3) is 17.0 Å². The van der Waals surface area contributed by atoms with Gasteiger partial charge in [0.05, 0.1) is 17.9 Å². The van der Waals surface area contributed by atoms with Crippen LogP contribution in [0.2, 0.25) is 0 Å². The summed E-state index contributed by atoms with van der Waals surface area (Å²) in [5, 5.41) is 38.8. The first-order chi connectivity index (χ1) is 19.2. The first kappa shape index (κ1) is 30.7. The number of rotatable bonds is 9. The van der Waals surface area contributed by atoms with E-state index in [9.17, 15) is 29.7 Å². The predicted molar refractivity (Wildman–Crippen MR) is 143 cm³/mol. The summed E-state index contributed by atoms with van der Waals surface area (Å²) in [6.45, 7) is 0. The minimum atomic E-state index is -1.52. The molecule has 1 fully saturated rings. The Hall–Kier alpha value is -3.22. The second kappa shape index (κ2) is 12.7. The smallest absolute Gasteiger partial charge is 0.543 e. The maximum Gasteiger partial charge on any atom is 1.00 e. The number of benzene rings is 1. The molecule has 2 aromatic heterocycles. The molecule has 0 bridgehead atoms. The van der Waals surface area contributed by atoms with Crippen LogP contribution in [0, 0.1) is 0 Å². The third-order valence-corrected chi connectivity index (χ3v) is 8.75. The van der Waals surface area contributed by atoms with Gasteiger partial charge in [0.15, 0.2) is 28.1 Å². The first-order valence-electron chi connectivity index (χ1n) is 11.3. The molecule has 5 N–H and O–H groups in total. The molecule has 18 heteroatoms. The number of nitrogens with zero attached hydrogens (tertiary/aromatic N) is 4. The minimum absolute atomic E-state index is 0. The van der Waals surface area contributed by atoms with Crippen molar-refractivity contribution in [2.75, 3.05) is 24.3 Å². The Labute approximate surface area is 266 Å². The number of aliphatic carboxylic acids is 1. The molecular formula is C23H19N6NaO8S3. The van der Waals surface area contributed by atoms with Gasteiger partial charge in [-0.15, -0.1) is 23.1 Å². The number of nitrogen functional groups attached to an aromatic ring is 1. The number of oxazole rings is 1. The number of anilines is 1. The average Bonchev–Trinajstić information content (AvgIpc) is 3.59. The fraction of sp³-hybridized carbons (Fsp3) is 0.217.